The number of fused-ring (bicyclic) bond motifs is 1. The van der Waals surface area contributed by atoms with E-state index in [2.05, 4.69) is 20.0 Å². The third kappa shape index (κ3) is 5.11. The van der Waals surface area contributed by atoms with Crippen LogP contribution in [0.5, 0.6) is 0 Å². The van der Waals surface area contributed by atoms with E-state index in [9.17, 15) is 13.8 Å². The maximum absolute atomic E-state index is 15.5. The number of aromatic nitrogens is 1. The van der Waals surface area contributed by atoms with Crippen LogP contribution in [0.3, 0.4) is 0 Å². The molecule has 1 aromatic heterocycles. The second-order valence-electron chi connectivity index (χ2n) is 11.1. The fourth-order valence-electron chi connectivity index (χ4n) is 4.83. The van der Waals surface area contributed by atoms with Gasteiger partial charge in [0.2, 0.25) is 0 Å². The number of pyridine rings is 1. The number of hydrogen-bond acceptors (Lipinski definition) is 8. The highest BCUT2D eigenvalue weighted by atomic mass is 32.2. The number of amidine groups is 1. The van der Waals surface area contributed by atoms with E-state index in [1.807, 2.05) is 6.07 Å². The van der Waals surface area contributed by atoms with Gasteiger partial charge in [-0.25, -0.2) is 22.7 Å². The number of hydrogen-bond donors (Lipinski definition) is 2. The number of benzene rings is 1. The molecule has 1 aromatic carbocycles. The topological polar surface area (TPSA) is 146 Å². The zero-order valence-corrected chi connectivity index (χ0v) is 23.5. The summed E-state index contributed by atoms with van der Waals surface area (Å²) in [6, 6.07) is 8.87. The largest absolute Gasteiger partial charge is 0.444 e. The molecular weight excluding hydrogens is 523 g/mol. The van der Waals surface area contributed by atoms with Crippen molar-refractivity contribution in [3.63, 3.8) is 0 Å². The quantitative estimate of drug-likeness (QED) is 0.571. The second kappa shape index (κ2) is 9.72. The smallest absolute Gasteiger partial charge is 0.413 e. The predicted octanol–water partition coefficient (Wildman–Crippen LogP) is 4.52. The first-order valence-electron chi connectivity index (χ1n) is 12.4. The minimum Gasteiger partial charge on any atom is -0.444 e. The lowest BCUT2D eigenvalue weighted by Gasteiger charge is -2.45. The van der Waals surface area contributed by atoms with E-state index < -0.39 is 48.7 Å². The van der Waals surface area contributed by atoms with Crippen molar-refractivity contribution in [2.75, 3.05) is 11.9 Å². The van der Waals surface area contributed by atoms with E-state index in [4.69, 9.17) is 15.0 Å². The molecule has 12 heteroatoms. The van der Waals surface area contributed by atoms with Gasteiger partial charge >= 0.3 is 6.09 Å². The van der Waals surface area contributed by atoms with E-state index in [0.717, 1.165) is 0 Å². The fourth-order valence-corrected chi connectivity index (χ4v) is 8.03. The van der Waals surface area contributed by atoms with Gasteiger partial charge in [-0.2, -0.15) is 5.26 Å². The lowest BCUT2D eigenvalue weighted by atomic mass is 9.85. The zero-order chi connectivity index (χ0) is 28.8. The second-order valence-corrected chi connectivity index (χ2v) is 14.1. The number of carbonyl (C=O) groups excluding carboxylic acids is 2. The number of anilines is 1. The highest BCUT2D eigenvalue weighted by Crippen LogP contribution is 2.48. The molecule has 2 amide bonds. The van der Waals surface area contributed by atoms with Gasteiger partial charge in [-0.05, 0) is 78.3 Å². The van der Waals surface area contributed by atoms with Gasteiger partial charge in [-0.1, -0.05) is 0 Å². The van der Waals surface area contributed by atoms with Crippen molar-refractivity contribution in [2.45, 2.75) is 69.1 Å². The van der Waals surface area contributed by atoms with Gasteiger partial charge in [0.15, 0.2) is 0 Å². The number of aliphatic imine (C=N–C) groups is 1. The first kappa shape index (κ1) is 28.2. The van der Waals surface area contributed by atoms with Gasteiger partial charge in [0.25, 0.3) is 5.91 Å². The van der Waals surface area contributed by atoms with Gasteiger partial charge in [-0.3, -0.25) is 15.1 Å². The average Bonchev–Trinajstić information content (AvgIpc) is 3.27. The number of nitriles is 1. The molecule has 0 radical (unpaired) electrons. The lowest BCUT2D eigenvalue weighted by molar-refractivity contribution is 0.0560. The van der Waals surface area contributed by atoms with Crippen LogP contribution in [0.1, 0.15) is 69.6 Å². The molecule has 39 heavy (non-hydrogen) atoms. The molecule has 0 aliphatic carbocycles. The third-order valence-electron chi connectivity index (χ3n) is 6.85. The van der Waals surface area contributed by atoms with Gasteiger partial charge in [-0.15, -0.1) is 0 Å². The first-order chi connectivity index (χ1) is 18.1. The number of amides is 2. The van der Waals surface area contributed by atoms with Crippen molar-refractivity contribution in [1.82, 2.24) is 10.3 Å². The maximum Gasteiger partial charge on any atom is 0.413 e. The standard InChI is InChI=1S/C27H31FN6O4S/c1-25(2,3)38-24(36)33-23-26(4,5)39(37)21(11-12-31-39)27(6,34-23)18-13-17(8-9-19(18)28)32-22(35)20-10-7-16(14-29)15-30-20/h7-10,13,15,21H,11-12H2,1-6H3,(H,32,35)(H,33,34,36)/t21-,27+,39?/m0/s1. The van der Waals surface area contributed by atoms with E-state index in [1.165, 1.54) is 36.5 Å². The Morgan fingerprint density at radius 1 is 1.18 bits per heavy atom. The SMILES string of the molecule is CC(C)(C)OC(=O)NC1=N[C@](C)(c2cc(NC(=O)c3ccc(C#N)cn3)ccc2F)[C@@H]2CCN=S2(=O)C1(C)C. The lowest BCUT2D eigenvalue weighted by Crippen LogP contribution is -2.60. The summed E-state index contributed by atoms with van der Waals surface area (Å²) >= 11 is 0. The monoisotopic (exact) mass is 554 g/mol. The molecule has 2 aromatic rings. The molecule has 206 valence electrons. The first-order valence-corrected chi connectivity index (χ1v) is 14.0. The number of nitrogens with one attached hydrogen (secondary N) is 2. The summed E-state index contributed by atoms with van der Waals surface area (Å²) in [6.45, 7) is 10.5. The highest BCUT2D eigenvalue weighted by Gasteiger charge is 2.57. The molecule has 2 aliphatic heterocycles. The Morgan fingerprint density at radius 3 is 2.51 bits per heavy atom. The summed E-state index contributed by atoms with van der Waals surface area (Å²) in [4.78, 5) is 34.3. The Bertz CT molecular complexity index is 1530. The molecule has 0 bridgehead atoms. The van der Waals surface area contributed by atoms with E-state index >= 15 is 4.39 Å². The normalized spacial score (nSPS) is 25.4. The predicted molar refractivity (Wildman–Crippen MR) is 145 cm³/mol. The number of rotatable bonds is 3. The molecule has 0 fully saturated rings. The molecule has 3 atom stereocenters. The average molecular weight is 555 g/mol. The molecule has 0 saturated carbocycles. The molecule has 10 nitrogen and oxygen atoms in total. The van der Waals surface area contributed by atoms with Gasteiger partial charge in [0.05, 0.1) is 20.5 Å². The fraction of sp³-hybridized carbons (Fsp3) is 0.444. The van der Waals surface area contributed by atoms with E-state index in [-0.39, 0.29) is 22.8 Å². The Hall–Kier alpha value is -3.85. The number of carbonyl (C=O) groups is 2. The zero-order valence-electron chi connectivity index (χ0n) is 22.7. The van der Waals surface area contributed by atoms with Gasteiger partial charge in [0.1, 0.15) is 39.3 Å². The Balaban J connectivity index is 1.76. The van der Waals surface area contributed by atoms with Crippen LogP contribution < -0.4 is 10.6 Å². The van der Waals surface area contributed by atoms with Crippen molar-refractivity contribution in [3.05, 3.63) is 59.2 Å². The molecule has 0 spiro atoms. The van der Waals surface area contributed by atoms with Crippen molar-refractivity contribution in [2.24, 2.45) is 9.36 Å². The Kier molecular flexibility index (Phi) is 7.02. The van der Waals surface area contributed by atoms with Crippen LogP contribution in [0.15, 0.2) is 45.9 Å². The molecule has 2 N–H and O–H groups in total. The van der Waals surface area contributed by atoms with Crippen molar-refractivity contribution in [3.8, 4) is 6.07 Å². The van der Waals surface area contributed by atoms with Gasteiger partial charge < -0.3 is 10.1 Å². The molecule has 2 aliphatic rings. The minimum atomic E-state index is -3.04. The molecule has 1 unspecified atom stereocenters. The summed E-state index contributed by atoms with van der Waals surface area (Å²) in [5.74, 6) is -1.08. The summed E-state index contributed by atoms with van der Waals surface area (Å²) in [6.07, 6.45) is 0.921. The maximum atomic E-state index is 15.5. The number of halogens is 1. The third-order valence-corrected chi connectivity index (χ3v) is 10.5. The number of alkyl carbamates (subject to hydrolysis) is 1. The van der Waals surface area contributed by atoms with Crippen LogP contribution >= 0.6 is 0 Å². The van der Waals surface area contributed by atoms with Crippen LogP contribution in [-0.2, 0) is 20.0 Å². The molecule has 4 rings (SSSR count). The van der Waals surface area contributed by atoms with Crippen LogP contribution in [0, 0.1) is 17.1 Å². The van der Waals surface area contributed by atoms with Crippen LogP contribution in [0.2, 0.25) is 0 Å². The van der Waals surface area contributed by atoms with Crippen LogP contribution in [0.25, 0.3) is 0 Å². The highest BCUT2D eigenvalue weighted by molar-refractivity contribution is 7.96. The van der Waals surface area contributed by atoms with E-state index in [0.29, 0.717) is 18.5 Å². The van der Waals surface area contributed by atoms with E-state index in [1.54, 1.807) is 41.5 Å². The summed E-state index contributed by atoms with van der Waals surface area (Å²) in [7, 11) is -3.04. The number of nitrogens with zero attached hydrogens (tertiary/aromatic N) is 4. The van der Waals surface area contributed by atoms with Crippen molar-refractivity contribution in [1.29, 1.82) is 5.26 Å². The van der Waals surface area contributed by atoms with Crippen molar-refractivity contribution < 1.29 is 22.9 Å². The van der Waals surface area contributed by atoms with Gasteiger partial charge in [0, 0.05) is 24.0 Å². The molecule has 3 heterocycles. The molecule has 0 saturated heterocycles. The summed E-state index contributed by atoms with van der Waals surface area (Å²) in [5, 5.41) is 13.6. The van der Waals surface area contributed by atoms with Crippen LogP contribution in [0.4, 0.5) is 14.9 Å². The minimum absolute atomic E-state index is 0.0741. The molecular formula is C27H31FN6O4S. The van der Waals surface area contributed by atoms with Crippen LogP contribution in [-0.4, -0.2) is 49.2 Å². The number of ether oxygens (including phenoxy) is 1. The summed E-state index contributed by atoms with van der Waals surface area (Å²) < 4.78 is 38.6. The van der Waals surface area contributed by atoms with Crippen molar-refractivity contribution >= 4 is 33.3 Å². The summed E-state index contributed by atoms with van der Waals surface area (Å²) in [5.41, 5.74) is -1.41. The Labute approximate surface area is 227 Å². The Morgan fingerprint density at radius 2 is 1.90 bits per heavy atom.